The number of benzene rings is 1. The van der Waals surface area contributed by atoms with Gasteiger partial charge < -0.3 is 15.8 Å². The van der Waals surface area contributed by atoms with E-state index in [1.54, 1.807) is 20.8 Å². The SMILES string of the molecule is CC(C)(C)OC(=O)NC1(C(N)=O)CCc2ccccc21. The maximum Gasteiger partial charge on any atom is 0.408 e. The molecule has 0 spiro atoms. The number of amides is 2. The first kappa shape index (κ1) is 14.4. The largest absolute Gasteiger partial charge is 0.444 e. The molecular weight excluding hydrogens is 256 g/mol. The van der Waals surface area contributed by atoms with Crippen molar-refractivity contribution < 1.29 is 14.3 Å². The van der Waals surface area contributed by atoms with Gasteiger partial charge >= 0.3 is 6.09 Å². The molecule has 0 aliphatic heterocycles. The Kier molecular flexibility index (Phi) is 3.46. The number of primary amides is 1. The predicted octanol–water partition coefficient (Wildman–Crippen LogP) is 1.84. The van der Waals surface area contributed by atoms with Crippen molar-refractivity contribution in [1.82, 2.24) is 5.32 Å². The molecule has 5 nitrogen and oxygen atoms in total. The molecule has 108 valence electrons. The van der Waals surface area contributed by atoms with Crippen molar-refractivity contribution in [2.75, 3.05) is 0 Å². The number of ether oxygens (including phenoxy) is 1. The minimum Gasteiger partial charge on any atom is -0.444 e. The topological polar surface area (TPSA) is 81.4 Å². The Balaban J connectivity index is 2.30. The van der Waals surface area contributed by atoms with Crippen LogP contribution in [0.1, 0.15) is 38.3 Å². The molecule has 0 heterocycles. The van der Waals surface area contributed by atoms with Gasteiger partial charge in [0.15, 0.2) is 0 Å². The highest BCUT2D eigenvalue weighted by Crippen LogP contribution is 2.36. The molecule has 0 aromatic heterocycles. The van der Waals surface area contributed by atoms with Crippen molar-refractivity contribution in [3.05, 3.63) is 35.4 Å². The second-order valence-corrected chi connectivity index (χ2v) is 6.05. The van der Waals surface area contributed by atoms with E-state index in [2.05, 4.69) is 5.32 Å². The number of hydrogen-bond donors (Lipinski definition) is 2. The first-order valence-corrected chi connectivity index (χ1v) is 6.64. The lowest BCUT2D eigenvalue weighted by Gasteiger charge is -2.30. The van der Waals surface area contributed by atoms with Crippen LogP contribution in [0.2, 0.25) is 0 Å². The standard InChI is InChI=1S/C15H20N2O3/c1-14(2,3)20-13(19)17-15(12(16)18)9-8-10-6-4-5-7-11(10)15/h4-7H,8-9H2,1-3H3,(H2,16,18)(H,17,19). The predicted molar refractivity (Wildman–Crippen MR) is 75.0 cm³/mol. The fraction of sp³-hybridized carbons (Fsp3) is 0.467. The molecule has 2 amide bonds. The molecule has 20 heavy (non-hydrogen) atoms. The van der Waals surface area contributed by atoms with Crippen LogP contribution < -0.4 is 11.1 Å². The number of carbonyl (C=O) groups is 2. The van der Waals surface area contributed by atoms with Crippen LogP contribution in [0.15, 0.2) is 24.3 Å². The Morgan fingerprint density at radius 1 is 1.30 bits per heavy atom. The number of carbonyl (C=O) groups excluding carboxylic acids is 2. The summed E-state index contributed by atoms with van der Waals surface area (Å²) >= 11 is 0. The lowest BCUT2D eigenvalue weighted by atomic mass is 9.91. The molecule has 3 N–H and O–H groups in total. The molecule has 0 bridgehead atoms. The number of nitrogens with one attached hydrogen (secondary N) is 1. The summed E-state index contributed by atoms with van der Waals surface area (Å²) in [5.74, 6) is -0.562. The summed E-state index contributed by atoms with van der Waals surface area (Å²) in [6.45, 7) is 5.31. The fourth-order valence-corrected chi connectivity index (χ4v) is 2.54. The van der Waals surface area contributed by atoms with E-state index in [1.807, 2.05) is 24.3 Å². The Morgan fingerprint density at radius 2 is 1.95 bits per heavy atom. The van der Waals surface area contributed by atoms with E-state index in [1.165, 1.54) is 0 Å². The molecule has 1 aliphatic carbocycles. The van der Waals surface area contributed by atoms with Crippen molar-refractivity contribution in [2.24, 2.45) is 5.73 Å². The number of hydrogen-bond acceptors (Lipinski definition) is 3. The summed E-state index contributed by atoms with van der Waals surface area (Å²) in [5, 5.41) is 2.67. The summed E-state index contributed by atoms with van der Waals surface area (Å²) < 4.78 is 5.23. The maximum absolute atomic E-state index is 12.0. The van der Waals surface area contributed by atoms with Gasteiger partial charge in [-0.05, 0) is 44.7 Å². The minimum absolute atomic E-state index is 0.459. The van der Waals surface area contributed by atoms with Crippen molar-refractivity contribution in [3.8, 4) is 0 Å². The highest BCUT2D eigenvalue weighted by molar-refractivity contribution is 5.91. The Hall–Kier alpha value is -2.04. The van der Waals surface area contributed by atoms with Gasteiger partial charge in [0.2, 0.25) is 5.91 Å². The molecule has 0 saturated heterocycles. The van der Waals surface area contributed by atoms with E-state index in [4.69, 9.17) is 10.5 Å². The first-order valence-electron chi connectivity index (χ1n) is 6.64. The monoisotopic (exact) mass is 276 g/mol. The van der Waals surface area contributed by atoms with Crippen LogP contribution in [0.25, 0.3) is 0 Å². The molecule has 5 heteroatoms. The van der Waals surface area contributed by atoms with Crippen LogP contribution in [0.5, 0.6) is 0 Å². The van der Waals surface area contributed by atoms with E-state index in [0.29, 0.717) is 12.8 Å². The van der Waals surface area contributed by atoms with Gasteiger partial charge in [0.05, 0.1) is 0 Å². The van der Waals surface area contributed by atoms with E-state index >= 15 is 0 Å². The van der Waals surface area contributed by atoms with Gasteiger partial charge in [-0.25, -0.2) is 4.79 Å². The van der Waals surface area contributed by atoms with Crippen LogP contribution in [0.4, 0.5) is 4.79 Å². The summed E-state index contributed by atoms with van der Waals surface area (Å²) in [7, 11) is 0. The number of rotatable bonds is 2. The van der Waals surface area contributed by atoms with Crippen molar-refractivity contribution in [2.45, 2.75) is 44.8 Å². The lowest BCUT2D eigenvalue weighted by molar-refractivity contribution is -0.124. The maximum atomic E-state index is 12.0. The van der Waals surface area contributed by atoms with Gasteiger partial charge in [-0.15, -0.1) is 0 Å². The van der Waals surface area contributed by atoms with Gasteiger partial charge in [-0.3, -0.25) is 4.79 Å². The Labute approximate surface area is 118 Å². The van der Waals surface area contributed by atoms with Crippen LogP contribution >= 0.6 is 0 Å². The average molecular weight is 276 g/mol. The number of fused-ring (bicyclic) bond motifs is 1. The van der Waals surface area contributed by atoms with Crippen molar-refractivity contribution in [1.29, 1.82) is 0 Å². The summed E-state index contributed by atoms with van der Waals surface area (Å²) in [5.41, 5.74) is 5.55. The molecule has 0 saturated carbocycles. The normalized spacial score (nSPS) is 21.1. The quantitative estimate of drug-likeness (QED) is 0.864. The van der Waals surface area contributed by atoms with Crippen LogP contribution in [0.3, 0.4) is 0 Å². The molecule has 1 aliphatic rings. The molecular formula is C15H20N2O3. The van der Waals surface area contributed by atoms with Gasteiger partial charge in [0.25, 0.3) is 0 Å². The minimum atomic E-state index is -1.17. The van der Waals surface area contributed by atoms with Gasteiger partial charge in [0, 0.05) is 0 Å². The molecule has 1 atom stereocenters. The van der Waals surface area contributed by atoms with E-state index in [-0.39, 0.29) is 0 Å². The first-order chi connectivity index (χ1) is 9.24. The zero-order valence-electron chi connectivity index (χ0n) is 12.0. The highest BCUT2D eigenvalue weighted by Gasteiger charge is 2.45. The smallest absolute Gasteiger partial charge is 0.408 e. The molecule has 1 aromatic rings. The highest BCUT2D eigenvalue weighted by atomic mass is 16.6. The van der Waals surface area contributed by atoms with Crippen LogP contribution in [-0.2, 0) is 21.5 Å². The van der Waals surface area contributed by atoms with Crippen LogP contribution in [0, 0.1) is 0 Å². The Bertz CT molecular complexity index is 548. The molecule has 1 aromatic carbocycles. The number of nitrogens with two attached hydrogens (primary N) is 1. The van der Waals surface area contributed by atoms with E-state index in [0.717, 1.165) is 11.1 Å². The zero-order valence-corrected chi connectivity index (χ0v) is 12.0. The summed E-state index contributed by atoms with van der Waals surface area (Å²) in [6.07, 6.45) is 0.531. The van der Waals surface area contributed by atoms with Gasteiger partial charge in [-0.1, -0.05) is 24.3 Å². The molecule has 0 fully saturated rings. The average Bonchev–Trinajstić information content (AvgIpc) is 2.67. The van der Waals surface area contributed by atoms with Crippen LogP contribution in [-0.4, -0.2) is 17.6 Å². The van der Waals surface area contributed by atoms with E-state index in [9.17, 15) is 9.59 Å². The van der Waals surface area contributed by atoms with E-state index < -0.39 is 23.1 Å². The number of aryl methyl sites for hydroxylation is 1. The summed E-state index contributed by atoms with van der Waals surface area (Å²) in [6, 6.07) is 7.50. The third-order valence-electron chi connectivity index (χ3n) is 3.38. The zero-order chi connectivity index (χ0) is 15.0. The Morgan fingerprint density at radius 3 is 2.55 bits per heavy atom. The fourth-order valence-electron chi connectivity index (χ4n) is 2.54. The number of alkyl carbamates (subject to hydrolysis) is 1. The molecule has 1 unspecified atom stereocenters. The second-order valence-electron chi connectivity index (χ2n) is 6.05. The lowest BCUT2D eigenvalue weighted by Crippen LogP contribution is -2.54. The van der Waals surface area contributed by atoms with Crippen molar-refractivity contribution >= 4 is 12.0 Å². The second kappa shape index (κ2) is 4.81. The third-order valence-corrected chi connectivity index (χ3v) is 3.38. The third kappa shape index (κ3) is 2.61. The van der Waals surface area contributed by atoms with Gasteiger partial charge in [-0.2, -0.15) is 0 Å². The molecule has 2 rings (SSSR count). The molecule has 0 radical (unpaired) electrons. The van der Waals surface area contributed by atoms with Crippen molar-refractivity contribution in [3.63, 3.8) is 0 Å². The van der Waals surface area contributed by atoms with Gasteiger partial charge in [0.1, 0.15) is 11.1 Å². The summed E-state index contributed by atoms with van der Waals surface area (Å²) in [4.78, 5) is 23.9.